The van der Waals surface area contributed by atoms with Crippen LogP contribution in [0.25, 0.3) is 10.9 Å². The summed E-state index contributed by atoms with van der Waals surface area (Å²) in [5, 5.41) is 3.11. The van der Waals surface area contributed by atoms with Gasteiger partial charge in [-0.05, 0) is 30.7 Å². The molecule has 0 aliphatic heterocycles. The summed E-state index contributed by atoms with van der Waals surface area (Å²) in [6.45, 7) is 1.59. The molecule has 0 fully saturated rings. The molecule has 1 atom stereocenters. The molecule has 0 aliphatic rings. The fourth-order valence-corrected chi connectivity index (χ4v) is 2.87. The first-order chi connectivity index (χ1) is 13.4. The minimum absolute atomic E-state index is 0.193. The Morgan fingerprint density at radius 1 is 1.18 bits per heavy atom. The van der Waals surface area contributed by atoms with Gasteiger partial charge in [0.1, 0.15) is 12.4 Å². The number of methoxy groups -OCH3 is 2. The van der Waals surface area contributed by atoms with Gasteiger partial charge in [0.05, 0.1) is 37.5 Å². The number of benzene rings is 2. The van der Waals surface area contributed by atoms with Crippen molar-refractivity contribution < 1.29 is 18.7 Å². The van der Waals surface area contributed by atoms with E-state index in [1.807, 2.05) is 0 Å². The van der Waals surface area contributed by atoms with Gasteiger partial charge in [-0.25, -0.2) is 9.37 Å². The van der Waals surface area contributed by atoms with Crippen LogP contribution in [0.3, 0.4) is 0 Å². The predicted octanol–water partition coefficient (Wildman–Crippen LogP) is 2.43. The highest BCUT2D eigenvalue weighted by molar-refractivity contribution is 5.82. The summed E-state index contributed by atoms with van der Waals surface area (Å²) in [6, 6.07) is 8.68. The van der Waals surface area contributed by atoms with Crippen LogP contribution in [0.2, 0.25) is 0 Å². The van der Waals surface area contributed by atoms with Gasteiger partial charge in [0, 0.05) is 6.07 Å². The maximum absolute atomic E-state index is 13.0. The van der Waals surface area contributed by atoms with Gasteiger partial charge in [0.25, 0.3) is 5.56 Å². The third-order valence-electron chi connectivity index (χ3n) is 4.39. The molecule has 0 saturated carbocycles. The second kappa shape index (κ2) is 8.08. The van der Waals surface area contributed by atoms with Crippen LogP contribution in [0.5, 0.6) is 11.5 Å². The number of fused-ring (bicyclic) bond motifs is 1. The number of rotatable bonds is 6. The number of halogens is 1. The first-order valence-corrected chi connectivity index (χ1v) is 8.59. The van der Waals surface area contributed by atoms with Crippen molar-refractivity contribution in [1.29, 1.82) is 0 Å². The van der Waals surface area contributed by atoms with Crippen molar-refractivity contribution in [3.63, 3.8) is 0 Å². The molecule has 28 heavy (non-hydrogen) atoms. The summed E-state index contributed by atoms with van der Waals surface area (Å²) in [6.07, 6.45) is 1.32. The molecule has 8 heteroatoms. The zero-order valence-electron chi connectivity index (χ0n) is 15.7. The molecule has 0 saturated heterocycles. The summed E-state index contributed by atoms with van der Waals surface area (Å²) in [5.74, 6) is 0.162. The monoisotopic (exact) mass is 385 g/mol. The molecule has 3 aromatic rings. The largest absolute Gasteiger partial charge is 0.493 e. The van der Waals surface area contributed by atoms with Crippen LogP contribution in [-0.4, -0.2) is 29.7 Å². The van der Waals surface area contributed by atoms with E-state index in [2.05, 4.69) is 10.3 Å². The second-order valence-electron chi connectivity index (χ2n) is 6.24. The van der Waals surface area contributed by atoms with Gasteiger partial charge in [-0.3, -0.25) is 14.2 Å². The van der Waals surface area contributed by atoms with Crippen LogP contribution in [0, 0.1) is 5.82 Å². The van der Waals surface area contributed by atoms with Gasteiger partial charge in [-0.15, -0.1) is 0 Å². The lowest BCUT2D eigenvalue weighted by Gasteiger charge is -2.15. The topological polar surface area (TPSA) is 82.5 Å². The normalized spacial score (nSPS) is 11.9. The predicted molar refractivity (Wildman–Crippen MR) is 102 cm³/mol. The maximum atomic E-state index is 13.0. The average Bonchev–Trinajstić information content (AvgIpc) is 2.69. The first-order valence-electron chi connectivity index (χ1n) is 8.59. The van der Waals surface area contributed by atoms with Gasteiger partial charge < -0.3 is 14.8 Å². The molecule has 0 unspecified atom stereocenters. The number of carbonyl (C=O) groups is 1. The van der Waals surface area contributed by atoms with Crippen LogP contribution >= 0.6 is 0 Å². The molecule has 1 N–H and O–H groups in total. The second-order valence-corrected chi connectivity index (χ2v) is 6.24. The molecular weight excluding hydrogens is 365 g/mol. The van der Waals surface area contributed by atoms with Crippen LogP contribution in [-0.2, 0) is 11.3 Å². The van der Waals surface area contributed by atoms with Crippen molar-refractivity contribution in [2.45, 2.75) is 19.5 Å². The van der Waals surface area contributed by atoms with Crippen molar-refractivity contribution in [2.75, 3.05) is 14.2 Å². The highest BCUT2D eigenvalue weighted by atomic mass is 19.1. The first kappa shape index (κ1) is 19.3. The zero-order chi connectivity index (χ0) is 20.3. The smallest absolute Gasteiger partial charge is 0.261 e. The van der Waals surface area contributed by atoms with E-state index in [9.17, 15) is 14.0 Å². The van der Waals surface area contributed by atoms with E-state index in [0.29, 0.717) is 22.4 Å². The zero-order valence-corrected chi connectivity index (χ0v) is 15.7. The Labute approximate surface area is 160 Å². The Bertz CT molecular complexity index is 1060. The standard InChI is InChI=1S/C20H20FN3O4/c1-12(13-4-6-14(21)7-5-13)23-19(25)10-24-11-22-16-9-18(28-3)17(27-2)8-15(16)20(24)26/h4-9,11-12H,10H2,1-3H3,(H,23,25)/t12-/m1/s1. The van der Waals surface area contributed by atoms with E-state index in [0.717, 1.165) is 5.56 Å². The van der Waals surface area contributed by atoms with E-state index in [4.69, 9.17) is 9.47 Å². The van der Waals surface area contributed by atoms with Gasteiger partial charge in [0.2, 0.25) is 5.91 Å². The van der Waals surface area contributed by atoms with E-state index < -0.39 is 0 Å². The highest BCUT2D eigenvalue weighted by Crippen LogP contribution is 2.29. The van der Waals surface area contributed by atoms with E-state index in [-0.39, 0.29) is 29.9 Å². The van der Waals surface area contributed by atoms with Crippen molar-refractivity contribution >= 4 is 16.8 Å². The molecule has 0 aliphatic carbocycles. The molecule has 0 radical (unpaired) electrons. The fraction of sp³-hybridized carbons (Fsp3) is 0.250. The number of hydrogen-bond acceptors (Lipinski definition) is 5. The summed E-state index contributed by atoms with van der Waals surface area (Å²) < 4.78 is 24.7. The van der Waals surface area contributed by atoms with Crippen molar-refractivity contribution in [1.82, 2.24) is 14.9 Å². The molecule has 0 spiro atoms. The lowest BCUT2D eigenvalue weighted by Crippen LogP contribution is -2.34. The number of ether oxygens (including phenoxy) is 2. The number of amides is 1. The summed E-state index contributed by atoms with van der Waals surface area (Å²) >= 11 is 0. The minimum atomic E-state index is -0.365. The summed E-state index contributed by atoms with van der Waals surface area (Å²) in [4.78, 5) is 29.3. The Morgan fingerprint density at radius 3 is 2.46 bits per heavy atom. The molecule has 3 rings (SSSR count). The maximum Gasteiger partial charge on any atom is 0.261 e. The third kappa shape index (κ3) is 3.95. The molecule has 0 bridgehead atoms. The lowest BCUT2D eigenvalue weighted by molar-refractivity contribution is -0.122. The van der Waals surface area contributed by atoms with E-state index >= 15 is 0 Å². The van der Waals surface area contributed by atoms with Crippen molar-refractivity contribution in [3.8, 4) is 11.5 Å². The molecule has 146 valence electrons. The van der Waals surface area contributed by atoms with E-state index in [1.165, 1.54) is 37.2 Å². The van der Waals surface area contributed by atoms with Crippen LogP contribution in [0.4, 0.5) is 4.39 Å². The molecule has 7 nitrogen and oxygen atoms in total. The van der Waals surface area contributed by atoms with Crippen molar-refractivity contribution in [3.05, 3.63) is 64.5 Å². The van der Waals surface area contributed by atoms with Gasteiger partial charge in [-0.1, -0.05) is 12.1 Å². The number of hydrogen-bond donors (Lipinski definition) is 1. The Kier molecular flexibility index (Phi) is 5.58. The van der Waals surface area contributed by atoms with Gasteiger partial charge in [0.15, 0.2) is 11.5 Å². The Balaban J connectivity index is 1.81. The SMILES string of the molecule is COc1cc2ncn(CC(=O)N[C@H](C)c3ccc(F)cc3)c(=O)c2cc1OC. The summed E-state index contributed by atoms with van der Waals surface area (Å²) in [5.41, 5.74) is 0.838. The van der Waals surface area contributed by atoms with E-state index in [1.54, 1.807) is 31.2 Å². The fourth-order valence-electron chi connectivity index (χ4n) is 2.87. The van der Waals surface area contributed by atoms with Gasteiger partial charge in [-0.2, -0.15) is 0 Å². The van der Waals surface area contributed by atoms with Gasteiger partial charge >= 0.3 is 0 Å². The highest BCUT2D eigenvalue weighted by Gasteiger charge is 2.14. The minimum Gasteiger partial charge on any atom is -0.493 e. The summed E-state index contributed by atoms with van der Waals surface area (Å²) in [7, 11) is 2.97. The average molecular weight is 385 g/mol. The molecule has 1 amide bonds. The number of carbonyl (C=O) groups excluding carboxylic acids is 1. The lowest BCUT2D eigenvalue weighted by atomic mass is 10.1. The molecule has 1 aromatic heterocycles. The number of aromatic nitrogens is 2. The third-order valence-corrected chi connectivity index (χ3v) is 4.39. The quantitative estimate of drug-likeness (QED) is 0.705. The molecule has 2 aromatic carbocycles. The number of nitrogens with zero attached hydrogens (tertiary/aromatic N) is 2. The Hall–Kier alpha value is -3.42. The molecular formula is C20H20FN3O4. The van der Waals surface area contributed by atoms with Crippen LogP contribution < -0.4 is 20.3 Å². The Morgan fingerprint density at radius 2 is 1.82 bits per heavy atom. The van der Waals surface area contributed by atoms with Crippen LogP contribution in [0.15, 0.2) is 47.5 Å². The number of nitrogens with one attached hydrogen (secondary N) is 1. The molecule has 1 heterocycles. The van der Waals surface area contributed by atoms with Crippen molar-refractivity contribution in [2.24, 2.45) is 0 Å². The van der Waals surface area contributed by atoms with Crippen LogP contribution in [0.1, 0.15) is 18.5 Å².